The lowest BCUT2D eigenvalue weighted by Crippen LogP contribution is -3.00. The van der Waals surface area contributed by atoms with Crippen LogP contribution in [0.2, 0.25) is 0 Å². The third-order valence-corrected chi connectivity index (χ3v) is 2.98. The van der Waals surface area contributed by atoms with E-state index in [0.717, 1.165) is 0 Å². The van der Waals surface area contributed by atoms with Crippen LogP contribution in [-0.2, 0) is 24.8 Å². The van der Waals surface area contributed by atoms with Crippen LogP contribution in [0.3, 0.4) is 0 Å². The van der Waals surface area contributed by atoms with Crippen molar-refractivity contribution in [3.63, 3.8) is 0 Å². The summed E-state index contributed by atoms with van der Waals surface area (Å²) < 4.78 is 8.59. The van der Waals surface area contributed by atoms with Crippen LogP contribution >= 0.6 is 11.8 Å². The number of carbonyl (C=O) groups is 1. The lowest BCUT2D eigenvalue weighted by Gasteiger charge is -1.96. The molecule has 0 amide bonds. The molecule has 6 nitrogen and oxygen atoms in total. The maximum Gasteiger partial charge on any atom is 0.243 e. The first-order valence-electron chi connectivity index (χ1n) is 5.16. The van der Waals surface area contributed by atoms with Gasteiger partial charge < -0.3 is 21.5 Å². The highest BCUT2D eigenvalue weighted by Crippen LogP contribution is 2.07. The Morgan fingerprint density at radius 1 is 1.61 bits per heavy atom. The third kappa shape index (κ3) is 4.61. The molecule has 0 N–H and O–H groups in total. The molecule has 0 fully saturated rings. The third-order valence-electron chi connectivity index (χ3n) is 2.12. The number of carbonyl (C=O) groups excluding carboxylic acids is 1. The maximum atomic E-state index is 11.6. The number of hydrogen-bond donors (Lipinski definition) is 0. The van der Waals surface area contributed by atoms with E-state index in [2.05, 4.69) is 10.1 Å². The molecule has 0 aliphatic carbocycles. The molecule has 0 atom stereocenters. The lowest BCUT2D eigenvalue weighted by molar-refractivity contribution is -0.671. The fourth-order valence-corrected chi connectivity index (χ4v) is 2.09. The molecule has 0 aliphatic rings. The molecule has 0 aliphatic heterocycles. The van der Waals surface area contributed by atoms with Crippen molar-refractivity contribution in [1.29, 1.82) is 0 Å². The van der Waals surface area contributed by atoms with Gasteiger partial charge in [-0.2, -0.15) is 4.98 Å². The van der Waals surface area contributed by atoms with Crippen LogP contribution < -0.4 is 21.5 Å². The summed E-state index contributed by atoms with van der Waals surface area (Å²) in [6, 6.07) is 0. The van der Waals surface area contributed by atoms with Gasteiger partial charge in [-0.15, -0.1) is 0 Å². The van der Waals surface area contributed by atoms with Crippen molar-refractivity contribution in [2.75, 3.05) is 5.75 Å². The van der Waals surface area contributed by atoms with Crippen LogP contribution in [0.5, 0.6) is 0 Å². The summed E-state index contributed by atoms with van der Waals surface area (Å²) in [5.41, 5.74) is 0. The second kappa shape index (κ2) is 7.32. The van der Waals surface area contributed by atoms with E-state index in [4.69, 9.17) is 4.52 Å². The summed E-state index contributed by atoms with van der Waals surface area (Å²) >= 11 is 1.28. The van der Waals surface area contributed by atoms with E-state index in [1.54, 1.807) is 0 Å². The van der Waals surface area contributed by atoms with Gasteiger partial charge in [0, 0.05) is 12.2 Å². The van der Waals surface area contributed by atoms with E-state index in [1.807, 2.05) is 34.9 Å². The number of aryl methyl sites for hydroxylation is 2. The second-order valence-electron chi connectivity index (χ2n) is 3.56. The number of nitrogens with zero attached hydrogens (tertiary/aromatic N) is 4. The summed E-state index contributed by atoms with van der Waals surface area (Å²) in [7, 11) is 1.92. The summed E-state index contributed by atoms with van der Waals surface area (Å²) in [4.78, 5) is 15.5. The zero-order valence-electron chi connectivity index (χ0n) is 9.82. The zero-order chi connectivity index (χ0) is 12.1. The molecule has 8 heteroatoms. The SMILES string of the molecule is C[n+]1ccn(CC(=O)SCCc2ncno2)c1.[Br-]. The smallest absolute Gasteiger partial charge is 0.243 e. The molecule has 0 saturated carbocycles. The van der Waals surface area contributed by atoms with Gasteiger partial charge in [-0.05, 0) is 0 Å². The topological polar surface area (TPSA) is 64.8 Å². The van der Waals surface area contributed by atoms with Gasteiger partial charge in [0.2, 0.25) is 17.3 Å². The number of aromatic nitrogens is 4. The van der Waals surface area contributed by atoms with Crippen LogP contribution in [0.25, 0.3) is 0 Å². The van der Waals surface area contributed by atoms with Gasteiger partial charge in [0.15, 0.2) is 12.9 Å². The van der Waals surface area contributed by atoms with Gasteiger partial charge in [-0.3, -0.25) is 4.79 Å². The summed E-state index contributed by atoms with van der Waals surface area (Å²) in [5.74, 6) is 1.23. The highest BCUT2D eigenvalue weighted by Gasteiger charge is 2.09. The van der Waals surface area contributed by atoms with Gasteiger partial charge in [-0.1, -0.05) is 16.9 Å². The molecule has 0 bridgehead atoms. The summed E-state index contributed by atoms with van der Waals surface area (Å²) in [6.45, 7) is 0.384. The van der Waals surface area contributed by atoms with Crippen molar-refractivity contribution in [3.05, 3.63) is 30.9 Å². The van der Waals surface area contributed by atoms with Gasteiger partial charge >= 0.3 is 0 Å². The molecule has 18 heavy (non-hydrogen) atoms. The highest BCUT2D eigenvalue weighted by atomic mass is 79.9. The Balaban J connectivity index is 0.00000162. The predicted octanol–water partition coefficient (Wildman–Crippen LogP) is -2.80. The molecule has 0 spiro atoms. The zero-order valence-corrected chi connectivity index (χ0v) is 12.2. The fourth-order valence-electron chi connectivity index (χ4n) is 1.35. The Morgan fingerprint density at radius 2 is 2.44 bits per heavy atom. The van der Waals surface area contributed by atoms with Gasteiger partial charge in [0.1, 0.15) is 12.4 Å². The van der Waals surface area contributed by atoms with Crippen LogP contribution in [0.4, 0.5) is 0 Å². The van der Waals surface area contributed by atoms with Crippen LogP contribution in [0.15, 0.2) is 29.6 Å². The largest absolute Gasteiger partial charge is 1.00 e. The molecule has 2 rings (SSSR count). The molecule has 0 aromatic carbocycles. The Hall–Kier alpha value is -1.15. The number of halogens is 1. The van der Waals surface area contributed by atoms with E-state index in [-0.39, 0.29) is 22.1 Å². The van der Waals surface area contributed by atoms with E-state index in [1.165, 1.54) is 18.1 Å². The summed E-state index contributed by atoms with van der Waals surface area (Å²) in [5, 5.41) is 3.63. The van der Waals surface area contributed by atoms with E-state index >= 15 is 0 Å². The quantitative estimate of drug-likeness (QED) is 0.553. The molecular weight excluding hydrogens is 320 g/mol. The first-order chi connectivity index (χ1) is 8.24. The average Bonchev–Trinajstić information content (AvgIpc) is 2.90. The van der Waals surface area contributed by atoms with Crippen LogP contribution in [0, 0.1) is 0 Å². The maximum absolute atomic E-state index is 11.6. The molecule has 2 aromatic heterocycles. The molecule has 0 saturated heterocycles. The minimum atomic E-state index is 0. The van der Waals surface area contributed by atoms with Crippen molar-refractivity contribution < 1.29 is 30.9 Å². The molecule has 2 heterocycles. The molecule has 98 valence electrons. The monoisotopic (exact) mass is 332 g/mol. The summed E-state index contributed by atoms with van der Waals surface area (Å²) in [6.07, 6.45) is 7.63. The Kier molecular flexibility index (Phi) is 6.06. The lowest BCUT2D eigenvalue weighted by atomic mass is 10.5. The predicted molar refractivity (Wildman–Crippen MR) is 61.1 cm³/mol. The fraction of sp³-hybridized carbons (Fsp3) is 0.400. The van der Waals surface area contributed by atoms with Crippen molar-refractivity contribution in [2.45, 2.75) is 13.0 Å². The normalized spacial score (nSPS) is 10.1. The average molecular weight is 333 g/mol. The van der Waals surface area contributed by atoms with Crippen molar-refractivity contribution in [2.24, 2.45) is 7.05 Å². The number of thioether (sulfide) groups is 1. The number of imidazole rings is 1. The van der Waals surface area contributed by atoms with Gasteiger partial charge in [0.05, 0.1) is 7.05 Å². The molecule has 0 unspecified atom stereocenters. The minimum absolute atomic E-state index is 0. The van der Waals surface area contributed by atoms with Gasteiger partial charge in [0.25, 0.3) is 0 Å². The van der Waals surface area contributed by atoms with Crippen molar-refractivity contribution >= 4 is 16.9 Å². The Morgan fingerprint density at radius 3 is 3.06 bits per heavy atom. The molecule has 0 radical (unpaired) electrons. The molecule has 2 aromatic rings. The first-order valence-corrected chi connectivity index (χ1v) is 6.15. The second-order valence-corrected chi connectivity index (χ2v) is 4.71. The van der Waals surface area contributed by atoms with Crippen molar-refractivity contribution in [1.82, 2.24) is 14.7 Å². The van der Waals surface area contributed by atoms with Crippen LogP contribution in [-0.4, -0.2) is 25.6 Å². The number of rotatable bonds is 5. The standard InChI is InChI=1S/C10H13N4O2S.BrH/c1-13-3-4-14(8-13)6-10(15)17-5-2-9-11-7-12-16-9;/h3-4,7-8H,2,5-6H2,1H3;1H/q+1;/p-1. The number of hydrogen-bond acceptors (Lipinski definition) is 5. The van der Waals surface area contributed by atoms with E-state index in [9.17, 15) is 4.79 Å². The first kappa shape index (κ1) is 14.9. The van der Waals surface area contributed by atoms with Crippen molar-refractivity contribution in [3.8, 4) is 0 Å². The van der Waals surface area contributed by atoms with E-state index in [0.29, 0.717) is 24.6 Å². The van der Waals surface area contributed by atoms with Gasteiger partial charge in [-0.25, -0.2) is 9.13 Å². The molecular formula is C10H13BrN4O2S. The highest BCUT2D eigenvalue weighted by molar-refractivity contribution is 8.13. The Bertz CT molecular complexity index is 486. The Labute approximate surface area is 119 Å². The van der Waals surface area contributed by atoms with E-state index < -0.39 is 0 Å². The minimum Gasteiger partial charge on any atom is -1.00 e. The van der Waals surface area contributed by atoms with Crippen LogP contribution in [0.1, 0.15) is 5.89 Å².